The molecule has 8 nitrogen and oxygen atoms in total. The first-order valence-corrected chi connectivity index (χ1v) is 10.7. The average molecular weight is 573 g/mol. The minimum absolute atomic E-state index is 0.262. The molecule has 1 heterocycles. The molecule has 0 unspecified atom stereocenters. The van der Waals surface area contributed by atoms with Crippen molar-refractivity contribution in [1.82, 2.24) is 14.7 Å². The molecule has 1 aromatic carbocycles. The van der Waals surface area contributed by atoms with E-state index in [1.54, 1.807) is 0 Å². The van der Waals surface area contributed by atoms with Crippen LogP contribution in [-0.2, 0) is 11.0 Å². The van der Waals surface area contributed by atoms with E-state index in [0.717, 1.165) is 0 Å². The van der Waals surface area contributed by atoms with Crippen molar-refractivity contribution in [3.8, 4) is 5.69 Å². The zero-order valence-corrected chi connectivity index (χ0v) is 20.5. The highest BCUT2D eigenvalue weighted by atomic mass is 35.5. The molecule has 0 radical (unpaired) electrons. The highest BCUT2D eigenvalue weighted by Crippen LogP contribution is 2.45. The lowest BCUT2D eigenvalue weighted by Gasteiger charge is -2.16. The third kappa shape index (κ3) is 7.59. The molecule has 0 aliphatic carbocycles. The Hall–Kier alpha value is -2.29. The van der Waals surface area contributed by atoms with Crippen LogP contribution in [0.25, 0.3) is 5.69 Å². The van der Waals surface area contributed by atoms with Crippen molar-refractivity contribution in [3.63, 3.8) is 0 Å². The summed E-state index contributed by atoms with van der Waals surface area (Å²) < 4.78 is 76.6. The van der Waals surface area contributed by atoms with Crippen molar-refractivity contribution in [3.05, 3.63) is 43.0 Å². The van der Waals surface area contributed by atoms with Crippen LogP contribution in [0.4, 0.5) is 37.8 Å². The predicted molar refractivity (Wildman–Crippen MR) is 118 cm³/mol. The Kier molecular flexibility index (Phi) is 10.6. The van der Waals surface area contributed by atoms with Crippen molar-refractivity contribution >= 4 is 52.2 Å². The van der Waals surface area contributed by atoms with Gasteiger partial charge in [0.25, 0.3) is 0 Å². The van der Waals surface area contributed by atoms with Crippen LogP contribution in [0.1, 0.15) is 26.3 Å². The second-order valence-corrected chi connectivity index (χ2v) is 7.66. The van der Waals surface area contributed by atoms with Gasteiger partial charge in [-0.25, -0.2) is 4.68 Å². The summed E-state index contributed by atoms with van der Waals surface area (Å²) >= 11 is 17.0. The third-order valence-electron chi connectivity index (χ3n) is 4.43. The number of nitrogens with one attached hydrogen (secondary N) is 1. The van der Waals surface area contributed by atoms with Gasteiger partial charge in [0.2, 0.25) is 5.82 Å². The Morgan fingerprint density at radius 1 is 1.09 bits per heavy atom. The lowest BCUT2D eigenvalue weighted by molar-refractivity contribution is -0.384. The van der Waals surface area contributed by atoms with Gasteiger partial charge in [0.1, 0.15) is 11.9 Å². The van der Waals surface area contributed by atoms with Crippen LogP contribution < -0.4 is 5.32 Å². The molecule has 1 N–H and O–H groups in total. The normalized spacial score (nSPS) is 11.8. The van der Waals surface area contributed by atoms with E-state index in [1.807, 2.05) is 0 Å². The number of halogens is 9. The Morgan fingerprint density at radius 2 is 1.60 bits per heavy atom. The van der Waals surface area contributed by atoms with Gasteiger partial charge in [-0.1, -0.05) is 55.6 Å². The molecule has 1 aromatic heterocycles. The maximum Gasteiger partial charge on any atom is 0.471 e. The van der Waals surface area contributed by atoms with Crippen molar-refractivity contribution in [1.29, 1.82) is 0 Å². The second kappa shape index (κ2) is 12.1. The number of rotatable bonds is 6. The van der Waals surface area contributed by atoms with Crippen molar-refractivity contribution in [2.24, 2.45) is 0 Å². The van der Waals surface area contributed by atoms with E-state index in [-0.39, 0.29) is 4.68 Å². The molecule has 0 saturated carbocycles. The van der Waals surface area contributed by atoms with Gasteiger partial charge in [0.15, 0.2) is 0 Å². The van der Waals surface area contributed by atoms with Crippen LogP contribution in [0.2, 0.25) is 15.1 Å². The predicted octanol–water partition coefficient (Wildman–Crippen LogP) is 6.61. The lowest BCUT2D eigenvalue weighted by Crippen LogP contribution is -2.31. The number of benzene rings is 1. The molecule has 35 heavy (non-hydrogen) atoms. The molecule has 0 atom stereocenters. The summed E-state index contributed by atoms with van der Waals surface area (Å²) in [5, 5.41) is 12.8. The van der Waals surface area contributed by atoms with Crippen LogP contribution in [0.5, 0.6) is 0 Å². The highest BCUT2D eigenvalue weighted by Gasteiger charge is 2.41. The van der Waals surface area contributed by atoms with Crippen molar-refractivity contribution < 1.29 is 36.1 Å². The summed E-state index contributed by atoms with van der Waals surface area (Å²) in [7, 11) is 0. The first kappa shape index (κ1) is 30.7. The van der Waals surface area contributed by atoms with E-state index in [2.05, 4.69) is 30.8 Å². The quantitative estimate of drug-likeness (QED) is 0.182. The zero-order valence-electron chi connectivity index (χ0n) is 18.2. The highest BCUT2D eigenvalue weighted by molar-refractivity contribution is 6.45. The summed E-state index contributed by atoms with van der Waals surface area (Å²) in [6, 6.07) is 0.300. The van der Waals surface area contributed by atoms with Gasteiger partial charge in [0.05, 0.1) is 25.6 Å². The van der Waals surface area contributed by atoms with E-state index in [9.17, 15) is 41.3 Å². The van der Waals surface area contributed by atoms with Gasteiger partial charge in [-0.3, -0.25) is 20.2 Å². The molecule has 2 aromatic rings. The lowest BCUT2D eigenvalue weighted by atomic mass is 10.2. The van der Waals surface area contributed by atoms with Crippen molar-refractivity contribution in [2.45, 2.75) is 33.1 Å². The Bertz CT molecular complexity index is 1070. The number of anilines is 1. The van der Waals surface area contributed by atoms with Gasteiger partial charge in [0, 0.05) is 0 Å². The molecule has 1 amide bonds. The molecule has 0 saturated heterocycles. The summed E-state index contributed by atoms with van der Waals surface area (Å²) in [4.78, 5) is 23.4. The fourth-order valence-electron chi connectivity index (χ4n) is 2.60. The third-order valence-corrected chi connectivity index (χ3v) is 5.57. The summed E-state index contributed by atoms with van der Waals surface area (Å²) in [6.07, 6.45) is -9.98. The topological polar surface area (TPSA) is 93.3 Å². The maximum absolute atomic E-state index is 12.9. The standard InChI is InChI=1S/C12H3Cl3F6N4O3.C6H15N/c13-4-1-3(11(16,17)18)6(14)7(15)8(4)24-9(5(2-22-24)25(27)28)23-10(26)12(19,20)21;1-4-7(5-2)6-3/h1-2H,(H,23,26);4-6H2,1-3H3. The van der Waals surface area contributed by atoms with Crippen LogP contribution in [0, 0.1) is 10.1 Å². The molecule has 0 spiro atoms. The van der Waals surface area contributed by atoms with Gasteiger partial charge in [-0.2, -0.15) is 31.4 Å². The molecule has 0 aliphatic rings. The van der Waals surface area contributed by atoms with Crippen LogP contribution in [0.15, 0.2) is 12.3 Å². The minimum Gasteiger partial charge on any atom is -0.304 e. The molecule has 196 valence electrons. The second-order valence-electron chi connectivity index (χ2n) is 6.50. The number of carbonyl (C=O) groups excluding carboxylic acids is 1. The number of hydrogen-bond donors (Lipinski definition) is 1. The number of carbonyl (C=O) groups is 1. The van der Waals surface area contributed by atoms with Crippen LogP contribution >= 0.6 is 34.8 Å². The Balaban J connectivity index is 0.000000762. The Morgan fingerprint density at radius 3 is 1.97 bits per heavy atom. The number of aromatic nitrogens is 2. The number of nitrogens with zero attached hydrogens (tertiary/aromatic N) is 4. The first-order chi connectivity index (χ1) is 16.0. The van der Waals surface area contributed by atoms with Gasteiger partial charge >= 0.3 is 23.9 Å². The monoisotopic (exact) mass is 571 g/mol. The number of amides is 1. The summed E-state index contributed by atoms with van der Waals surface area (Å²) in [6.45, 7) is 10.1. The molecule has 2 rings (SSSR count). The minimum atomic E-state index is -5.44. The van der Waals surface area contributed by atoms with Crippen LogP contribution in [-0.4, -0.2) is 51.3 Å². The first-order valence-electron chi connectivity index (χ1n) is 9.59. The average Bonchev–Trinajstić information content (AvgIpc) is 3.14. The smallest absolute Gasteiger partial charge is 0.304 e. The van der Waals surface area contributed by atoms with Gasteiger partial charge in [-0.15, -0.1) is 0 Å². The molecule has 0 aliphatic heterocycles. The molecule has 17 heteroatoms. The van der Waals surface area contributed by atoms with E-state index < -0.39 is 61.0 Å². The maximum atomic E-state index is 12.9. The molecule has 0 fully saturated rings. The summed E-state index contributed by atoms with van der Waals surface area (Å²) in [5.74, 6) is -3.76. The molecule has 0 bridgehead atoms. The number of hydrogen-bond acceptors (Lipinski definition) is 5. The summed E-state index contributed by atoms with van der Waals surface area (Å²) in [5.41, 5.74) is -3.29. The van der Waals surface area contributed by atoms with Crippen LogP contribution in [0.3, 0.4) is 0 Å². The number of alkyl halides is 6. The fraction of sp³-hybridized carbons (Fsp3) is 0.444. The molecular formula is C18H18Cl3F6N5O3. The van der Waals surface area contributed by atoms with Gasteiger partial charge < -0.3 is 4.90 Å². The SMILES string of the molecule is CCN(CC)CC.O=C(Nc1c([N+](=O)[O-])cnn1-c1c(Cl)cc(C(F)(F)F)c(Cl)c1Cl)C(F)(F)F. The molecular weight excluding hydrogens is 555 g/mol. The van der Waals surface area contributed by atoms with Gasteiger partial charge in [-0.05, 0) is 25.7 Å². The van der Waals surface area contributed by atoms with Crippen molar-refractivity contribution in [2.75, 3.05) is 25.0 Å². The largest absolute Gasteiger partial charge is 0.471 e. The Labute approximate surface area is 209 Å². The number of nitro groups is 1. The zero-order chi connectivity index (χ0) is 27.3. The van der Waals surface area contributed by atoms with E-state index >= 15 is 0 Å². The van der Waals surface area contributed by atoms with E-state index in [1.165, 1.54) is 25.0 Å². The van der Waals surface area contributed by atoms with E-state index in [0.29, 0.717) is 12.3 Å². The fourth-order valence-corrected chi connectivity index (χ4v) is 3.46. The van der Waals surface area contributed by atoms with E-state index in [4.69, 9.17) is 34.8 Å².